The van der Waals surface area contributed by atoms with E-state index in [1.165, 1.54) is 6.07 Å². The Bertz CT molecular complexity index is 300. The Morgan fingerprint density at radius 1 is 1.58 bits per heavy atom. The number of nitrogen functional groups attached to an aromatic ring is 1. The van der Waals surface area contributed by atoms with E-state index in [1.807, 2.05) is 0 Å². The second-order valence-corrected chi connectivity index (χ2v) is 2.30. The number of carboxylic acids is 1. The Morgan fingerprint density at radius 3 is 2.75 bits per heavy atom. The first-order chi connectivity index (χ1) is 5.61. The minimum Gasteiger partial charge on any atom is -0.480 e. The summed E-state index contributed by atoms with van der Waals surface area (Å²) in [6.45, 7) is 0. The molecular formula is C7H9N3O2. The summed E-state index contributed by atoms with van der Waals surface area (Å²) in [5.74, 6) is -0.850. The quantitative estimate of drug-likeness (QED) is 0.563. The number of aromatic nitrogens is 1. The van der Waals surface area contributed by atoms with E-state index in [0.717, 1.165) is 0 Å². The van der Waals surface area contributed by atoms with Crippen molar-refractivity contribution >= 4 is 11.8 Å². The van der Waals surface area contributed by atoms with E-state index in [4.69, 9.17) is 16.6 Å². The van der Waals surface area contributed by atoms with E-state index in [2.05, 4.69) is 4.98 Å². The van der Waals surface area contributed by atoms with Crippen molar-refractivity contribution in [3.05, 3.63) is 23.9 Å². The zero-order valence-electron chi connectivity index (χ0n) is 6.27. The lowest BCUT2D eigenvalue weighted by molar-refractivity contribution is -0.138. The van der Waals surface area contributed by atoms with Crippen LogP contribution in [0.25, 0.3) is 0 Å². The van der Waals surface area contributed by atoms with Crippen molar-refractivity contribution in [3.8, 4) is 0 Å². The van der Waals surface area contributed by atoms with Crippen molar-refractivity contribution in [1.82, 2.24) is 4.98 Å². The van der Waals surface area contributed by atoms with Gasteiger partial charge in [-0.1, -0.05) is 6.07 Å². The maximum Gasteiger partial charge on any atom is 0.326 e. The molecule has 64 valence electrons. The predicted octanol–water partition coefficient (Wildman–Crippen LogP) is -0.252. The number of rotatable bonds is 2. The van der Waals surface area contributed by atoms with Crippen LogP contribution in [0.15, 0.2) is 18.2 Å². The SMILES string of the molecule is Nc1cccc(C(N)C(=O)O)n1. The molecule has 0 spiro atoms. The average molecular weight is 167 g/mol. The third kappa shape index (κ3) is 1.70. The standard InChI is InChI=1S/C7H9N3O2/c8-5-3-1-2-4(10-5)6(9)7(11)12/h1-3,6H,9H2,(H2,8,10)(H,11,12). The van der Waals surface area contributed by atoms with Crippen LogP contribution in [0.1, 0.15) is 11.7 Å². The zero-order valence-corrected chi connectivity index (χ0v) is 6.27. The molecule has 5 heteroatoms. The average Bonchev–Trinajstić information content (AvgIpc) is 2.03. The largest absolute Gasteiger partial charge is 0.480 e. The number of anilines is 1. The van der Waals surface area contributed by atoms with Crippen LogP contribution in [0, 0.1) is 0 Å². The third-order valence-corrected chi connectivity index (χ3v) is 1.38. The minimum absolute atomic E-state index is 0.266. The van der Waals surface area contributed by atoms with Crippen LogP contribution in [0.5, 0.6) is 0 Å². The second-order valence-electron chi connectivity index (χ2n) is 2.30. The van der Waals surface area contributed by atoms with E-state index < -0.39 is 12.0 Å². The minimum atomic E-state index is -1.12. The van der Waals surface area contributed by atoms with Crippen molar-refractivity contribution in [2.45, 2.75) is 6.04 Å². The molecule has 0 fully saturated rings. The van der Waals surface area contributed by atoms with E-state index >= 15 is 0 Å². The molecule has 1 atom stereocenters. The number of pyridine rings is 1. The molecule has 0 aliphatic carbocycles. The molecule has 0 aliphatic rings. The number of carbonyl (C=O) groups is 1. The van der Waals surface area contributed by atoms with Crippen LogP contribution >= 0.6 is 0 Å². The summed E-state index contributed by atoms with van der Waals surface area (Å²) in [5.41, 5.74) is 10.9. The lowest BCUT2D eigenvalue weighted by atomic mass is 10.2. The highest BCUT2D eigenvalue weighted by Gasteiger charge is 2.14. The van der Waals surface area contributed by atoms with Gasteiger partial charge in [0.2, 0.25) is 0 Å². The van der Waals surface area contributed by atoms with Gasteiger partial charge < -0.3 is 16.6 Å². The molecule has 0 aromatic carbocycles. The maximum atomic E-state index is 10.4. The Balaban J connectivity index is 2.95. The first-order valence-corrected chi connectivity index (χ1v) is 3.32. The highest BCUT2D eigenvalue weighted by atomic mass is 16.4. The van der Waals surface area contributed by atoms with Gasteiger partial charge in [0.15, 0.2) is 0 Å². The Kier molecular flexibility index (Phi) is 2.25. The molecule has 1 rings (SSSR count). The Morgan fingerprint density at radius 2 is 2.25 bits per heavy atom. The van der Waals surface area contributed by atoms with Crippen LogP contribution in [0.3, 0.4) is 0 Å². The number of nitrogens with zero attached hydrogens (tertiary/aromatic N) is 1. The molecule has 12 heavy (non-hydrogen) atoms. The number of carboxylic acid groups (broad SMARTS) is 1. The molecule has 0 radical (unpaired) electrons. The molecule has 0 bridgehead atoms. The molecule has 1 aromatic heterocycles. The number of aliphatic carboxylic acids is 1. The molecule has 0 aliphatic heterocycles. The van der Waals surface area contributed by atoms with Gasteiger partial charge in [0.25, 0.3) is 0 Å². The summed E-state index contributed by atoms with van der Waals surface area (Å²) in [7, 11) is 0. The van der Waals surface area contributed by atoms with Gasteiger partial charge in [-0.3, -0.25) is 4.79 Å². The fourth-order valence-corrected chi connectivity index (χ4v) is 0.769. The van der Waals surface area contributed by atoms with Gasteiger partial charge in [0.05, 0.1) is 5.69 Å². The molecule has 5 N–H and O–H groups in total. The first-order valence-electron chi connectivity index (χ1n) is 3.32. The van der Waals surface area contributed by atoms with Gasteiger partial charge in [0.1, 0.15) is 11.9 Å². The van der Waals surface area contributed by atoms with Crippen LogP contribution in [0.4, 0.5) is 5.82 Å². The van der Waals surface area contributed by atoms with Gasteiger partial charge in [0, 0.05) is 0 Å². The molecule has 0 saturated heterocycles. The zero-order chi connectivity index (χ0) is 9.14. The number of nitrogens with two attached hydrogens (primary N) is 2. The van der Waals surface area contributed by atoms with E-state index in [-0.39, 0.29) is 11.5 Å². The predicted molar refractivity (Wildman–Crippen MR) is 43.2 cm³/mol. The number of hydrogen-bond acceptors (Lipinski definition) is 4. The van der Waals surface area contributed by atoms with Gasteiger partial charge >= 0.3 is 5.97 Å². The topological polar surface area (TPSA) is 102 Å². The van der Waals surface area contributed by atoms with Crippen LogP contribution < -0.4 is 11.5 Å². The van der Waals surface area contributed by atoms with Crippen LogP contribution in [-0.2, 0) is 4.79 Å². The van der Waals surface area contributed by atoms with Crippen molar-refractivity contribution in [1.29, 1.82) is 0 Å². The Labute approximate surface area is 69.0 Å². The second kappa shape index (κ2) is 3.19. The highest BCUT2D eigenvalue weighted by Crippen LogP contribution is 2.08. The highest BCUT2D eigenvalue weighted by molar-refractivity contribution is 5.74. The van der Waals surface area contributed by atoms with Crippen LogP contribution in [0.2, 0.25) is 0 Å². The van der Waals surface area contributed by atoms with Gasteiger partial charge in [-0.25, -0.2) is 4.98 Å². The molecule has 1 unspecified atom stereocenters. The van der Waals surface area contributed by atoms with E-state index in [9.17, 15) is 4.79 Å². The first kappa shape index (κ1) is 8.48. The van der Waals surface area contributed by atoms with Crippen molar-refractivity contribution < 1.29 is 9.90 Å². The van der Waals surface area contributed by atoms with Crippen molar-refractivity contribution in [2.75, 3.05) is 5.73 Å². The fraction of sp³-hybridized carbons (Fsp3) is 0.143. The maximum absolute atomic E-state index is 10.4. The fourth-order valence-electron chi connectivity index (χ4n) is 0.769. The van der Waals surface area contributed by atoms with Gasteiger partial charge in [-0.15, -0.1) is 0 Å². The van der Waals surface area contributed by atoms with Crippen molar-refractivity contribution in [2.24, 2.45) is 5.73 Å². The molecule has 1 aromatic rings. The summed E-state index contributed by atoms with van der Waals surface area (Å²) in [4.78, 5) is 14.2. The molecule has 0 saturated carbocycles. The van der Waals surface area contributed by atoms with E-state index in [1.54, 1.807) is 12.1 Å². The van der Waals surface area contributed by atoms with E-state index in [0.29, 0.717) is 0 Å². The summed E-state index contributed by atoms with van der Waals surface area (Å²) < 4.78 is 0. The van der Waals surface area contributed by atoms with Crippen molar-refractivity contribution in [3.63, 3.8) is 0 Å². The van der Waals surface area contributed by atoms with Gasteiger partial charge in [-0.05, 0) is 12.1 Å². The third-order valence-electron chi connectivity index (χ3n) is 1.38. The molecule has 0 amide bonds. The lowest BCUT2D eigenvalue weighted by Gasteiger charge is -2.04. The summed E-state index contributed by atoms with van der Waals surface area (Å²) in [6, 6.07) is 3.60. The molecule has 1 heterocycles. The molecular weight excluding hydrogens is 158 g/mol. The number of hydrogen-bond donors (Lipinski definition) is 3. The lowest BCUT2D eigenvalue weighted by Crippen LogP contribution is -2.21. The normalized spacial score (nSPS) is 12.4. The van der Waals surface area contributed by atoms with Gasteiger partial charge in [-0.2, -0.15) is 0 Å². The summed E-state index contributed by atoms with van der Waals surface area (Å²) >= 11 is 0. The molecule has 5 nitrogen and oxygen atoms in total. The summed E-state index contributed by atoms with van der Waals surface area (Å²) in [5, 5.41) is 8.52. The smallest absolute Gasteiger partial charge is 0.326 e. The monoisotopic (exact) mass is 167 g/mol. The van der Waals surface area contributed by atoms with Crippen LogP contribution in [-0.4, -0.2) is 16.1 Å². The Hall–Kier alpha value is -1.62. The summed E-state index contributed by atoms with van der Waals surface area (Å²) in [6.07, 6.45) is 0.